The molecule has 0 fully saturated rings. The first-order valence-corrected chi connectivity index (χ1v) is 9.79. The second-order valence-corrected chi connectivity index (χ2v) is 7.52. The van der Waals surface area contributed by atoms with Gasteiger partial charge in [-0.15, -0.1) is 0 Å². The van der Waals surface area contributed by atoms with Gasteiger partial charge in [0.1, 0.15) is 5.82 Å². The number of hydrogen-bond acceptors (Lipinski definition) is 5. The highest BCUT2D eigenvalue weighted by molar-refractivity contribution is 7.09. The van der Waals surface area contributed by atoms with E-state index in [0.29, 0.717) is 11.4 Å². The fourth-order valence-corrected chi connectivity index (χ4v) is 3.42. The molecule has 3 aromatic rings. The largest absolute Gasteiger partial charge is 0.348 e. The lowest BCUT2D eigenvalue weighted by Crippen LogP contribution is -2.36. The molecule has 140 valence electrons. The van der Waals surface area contributed by atoms with Crippen LogP contribution >= 0.6 is 23.1 Å². The predicted octanol–water partition coefficient (Wildman–Crippen LogP) is 4.10. The summed E-state index contributed by atoms with van der Waals surface area (Å²) >= 11 is 7.21. The van der Waals surface area contributed by atoms with Crippen molar-refractivity contribution in [3.63, 3.8) is 0 Å². The number of hydrogen-bond donors (Lipinski definition) is 1. The highest BCUT2D eigenvalue weighted by Gasteiger charge is 2.15. The lowest BCUT2D eigenvalue weighted by Gasteiger charge is -2.18. The summed E-state index contributed by atoms with van der Waals surface area (Å²) in [5.74, 6) is 0.686. The van der Waals surface area contributed by atoms with E-state index in [1.165, 1.54) is 11.5 Å². The number of rotatable bonds is 7. The van der Waals surface area contributed by atoms with E-state index in [1.807, 2.05) is 73.5 Å². The molecule has 0 radical (unpaired) electrons. The minimum absolute atomic E-state index is 0.0398. The van der Waals surface area contributed by atoms with Crippen molar-refractivity contribution >= 4 is 34.2 Å². The van der Waals surface area contributed by atoms with Crippen LogP contribution in [0.25, 0.3) is 0 Å². The number of carbonyl (C=O) groups is 1. The average Bonchev–Trinajstić information content (AvgIpc) is 3.13. The lowest BCUT2D eigenvalue weighted by atomic mass is 10.1. The minimum atomic E-state index is -0.0525. The molecular formula is C20H21ClN4OS. The molecule has 0 unspecified atom stereocenters. The van der Waals surface area contributed by atoms with Crippen LogP contribution in [0.4, 0.5) is 5.13 Å². The van der Waals surface area contributed by atoms with Crippen molar-refractivity contribution < 1.29 is 4.79 Å². The van der Waals surface area contributed by atoms with Crippen LogP contribution < -0.4 is 10.2 Å². The first kappa shape index (κ1) is 19.3. The van der Waals surface area contributed by atoms with E-state index in [2.05, 4.69) is 14.7 Å². The van der Waals surface area contributed by atoms with Crippen molar-refractivity contribution in [3.8, 4) is 0 Å². The Bertz CT molecular complexity index is 883. The van der Waals surface area contributed by atoms with Crippen LogP contribution in [0.2, 0.25) is 5.02 Å². The third-order valence-electron chi connectivity index (χ3n) is 4.12. The number of amides is 1. The maximum atomic E-state index is 12.3. The molecule has 0 aliphatic heterocycles. The molecule has 0 aliphatic carbocycles. The lowest BCUT2D eigenvalue weighted by molar-refractivity contribution is -0.120. The molecule has 27 heavy (non-hydrogen) atoms. The Balaban J connectivity index is 1.55. The number of anilines is 1. The van der Waals surface area contributed by atoms with Gasteiger partial charge < -0.3 is 10.2 Å². The van der Waals surface area contributed by atoms with Crippen LogP contribution in [0.15, 0.2) is 54.6 Å². The maximum absolute atomic E-state index is 12.3. The number of nitrogens with one attached hydrogen (secondary N) is 1. The summed E-state index contributed by atoms with van der Waals surface area (Å²) in [5.41, 5.74) is 2.18. The fraction of sp³-hybridized carbons (Fsp3) is 0.250. The van der Waals surface area contributed by atoms with Crippen LogP contribution in [0.5, 0.6) is 0 Å². The van der Waals surface area contributed by atoms with Gasteiger partial charge in [0.15, 0.2) is 0 Å². The van der Waals surface area contributed by atoms with Crippen LogP contribution in [-0.4, -0.2) is 28.9 Å². The number of nitrogens with zero attached hydrogens (tertiary/aromatic N) is 3. The maximum Gasteiger partial charge on any atom is 0.240 e. The van der Waals surface area contributed by atoms with Gasteiger partial charge in [-0.05, 0) is 30.2 Å². The van der Waals surface area contributed by atoms with Crippen molar-refractivity contribution in [2.24, 2.45) is 0 Å². The molecule has 5 nitrogen and oxygen atoms in total. The summed E-state index contributed by atoms with van der Waals surface area (Å²) in [5, 5.41) is 4.45. The van der Waals surface area contributed by atoms with Gasteiger partial charge in [-0.3, -0.25) is 4.79 Å². The standard InChI is InChI=1S/C20H21ClN4OS/c1-14(16-6-4-3-5-7-16)22-19(26)13-25(2)20-23-18(24-27-20)12-15-8-10-17(21)11-9-15/h3-11,14H,12-13H2,1-2H3,(H,22,26)/t14-/m0/s1. The van der Waals surface area contributed by atoms with E-state index in [1.54, 1.807) is 0 Å². The number of likely N-dealkylation sites (N-methyl/N-ethyl adjacent to an activating group) is 1. The zero-order valence-corrected chi connectivity index (χ0v) is 16.8. The van der Waals surface area contributed by atoms with Gasteiger partial charge in [0.2, 0.25) is 11.0 Å². The summed E-state index contributed by atoms with van der Waals surface area (Å²) < 4.78 is 4.39. The van der Waals surface area contributed by atoms with Crippen molar-refractivity contribution in [1.82, 2.24) is 14.7 Å². The molecule has 1 atom stereocenters. The average molecular weight is 401 g/mol. The SMILES string of the molecule is C[C@H](NC(=O)CN(C)c1nc(Cc2ccc(Cl)cc2)ns1)c1ccccc1. The van der Waals surface area contributed by atoms with E-state index in [-0.39, 0.29) is 18.5 Å². The second kappa shape index (κ2) is 8.97. The van der Waals surface area contributed by atoms with Crippen LogP contribution in [0.3, 0.4) is 0 Å². The third-order valence-corrected chi connectivity index (χ3v) is 5.24. The molecular weight excluding hydrogens is 380 g/mol. The van der Waals surface area contributed by atoms with Crippen molar-refractivity contribution in [2.45, 2.75) is 19.4 Å². The Labute approximate surface area is 168 Å². The zero-order valence-electron chi connectivity index (χ0n) is 15.2. The molecule has 2 aromatic carbocycles. The molecule has 1 aromatic heterocycles. The zero-order chi connectivity index (χ0) is 19.2. The van der Waals surface area contributed by atoms with Gasteiger partial charge >= 0.3 is 0 Å². The van der Waals surface area contributed by atoms with E-state index >= 15 is 0 Å². The number of benzene rings is 2. The first-order chi connectivity index (χ1) is 13.0. The van der Waals surface area contributed by atoms with Gasteiger partial charge in [-0.25, -0.2) is 4.98 Å². The quantitative estimate of drug-likeness (QED) is 0.648. The summed E-state index contributed by atoms with van der Waals surface area (Å²) in [7, 11) is 1.85. The number of carbonyl (C=O) groups excluding carboxylic acids is 1. The number of halogens is 1. The smallest absolute Gasteiger partial charge is 0.240 e. The highest BCUT2D eigenvalue weighted by atomic mass is 35.5. The van der Waals surface area contributed by atoms with Gasteiger partial charge in [-0.1, -0.05) is 54.1 Å². The van der Waals surface area contributed by atoms with E-state index < -0.39 is 0 Å². The third kappa shape index (κ3) is 5.52. The van der Waals surface area contributed by atoms with Crippen molar-refractivity contribution in [2.75, 3.05) is 18.5 Å². The minimum Gasteiger partial charge on any atom is -0.348 e. The molecule has 0 spiro atoms. The Morgan fingerprint density at radius 2 is 1.89 bits per heavy atom. The van der Waals surface area contributed by atoms with Crippen molar-refractivity contribution in [1.29, 1.82) is 0 Å². The van der Waals surface area contributed by atoms with E-state index in [9.17, 15) is 4.79 Å². The molecule has 3 rings (SSSR count). The molecule has 1 N–H and O–H groups in total. The predicted molar refractivity (Wildman–Crippen MR) is 110 cm³/mol. The Kier molecular flexibility index (Phi) is 6.42. The number of aromatic nitrogens is 2. The molecule has 7 heteroatoms. The van der Waals surface area contributed by atoms with Crippen LogP contribution in [-0.2, 0) is 11.2 Å². The van der Waals surface area contributed by atoms with Gasteiger partial charge in [0.05, 0.1) is 12.6 Å². The van der Waals surface area contributed by atoms with E-state index in [4.69, 9.17) is 11.6 Å². The first-order valence-electron chi connectivity index (χ1n) is 8.64. The molecule has 1 heterocycles. The van der Waals surface area contributed by atoms with E-state index in [0.717, 1.165) is 22.1 Å². The topological polar surface area (TPSA) is 58.1 Å². The molecule has 0 saturated heterocycles. The van der Waals surface area contributed by atoms with Crippen LogP contribution in [0, 0.1) is 0 Å². The Hall–Kier alpha value is -2.44. The van der Waals surface area contributed by atoms with Crippen LogP contribution in [0.1, 0.15) is 29.9 Å². The molecule has 0 aliphatic rings. The molecule has 1 amide bonds. The fourth-order valence-electron chi connectivity index (χ4n) is 2.65. The molecule has 0 saturated carbocycles. The monoisotopic (exact) mass is 400 g/mol. The Morgan fingerprint density at radius 3 is 2.59 bits per heavy atom. The normalized spacial score (nSPS) is 11.8. The second-order valence-electron chi connectivity index (χ2n) is 6.35. The van der Waals surface area contributed by atoms with Gasteiger partial charge in [-0.2, -0.15) is 4.37 Å². The van der Waals surface area contributed by atoms with Crippen molar-refractivity contribution in [3.05, 3.63) is 76.6 Å². The Morgan fingerprint density at radius 1 is 1.19 bits per heavy atom. The van der Waals surface area contributed by atoms with Gasteiger partial charge in [0, 0.05) is 30.0 Å². The summed E-state index contributed by atoms with van der Waals surface area (Å²) in [4.78, 5) is 18.7. The molecule has 0 bridgehead atoms. The summed E-state index contributed by atoms with van der Waals surface area (Å²) in [6, 6.07) is 17.5. The highest BCUT2D eigenvalue weighted by Crippen LogP contribution is 2.19. The van der Waals surface area contributed by atoms with Gasteiger partial charge in [0.25, 0.3) is 0 Å². The summed E-state index contributed by atoms with van der Waals surface area (Å²) in [6.07, 6.45) is 0.638. The summed E-state index contributed by atoms with van der Waals surface area (Å²) in [6.45, 7) is 2.20.